The third kappa shape index (κ3) is 8.91. The molecule has 2 N–H and O–H groups in total. The second-order valence-electron chi connectivity index (χ2n) is 7.18. The lowest BCUT2D eigenvalue weighted by Gasteiger charge is -2.33. The molecule has 1 aromatic rings. The molecular weight excluding hydrogens is 423 g/mol. The summed E-state index contributed by atoms with van der Waals surface area (Å²) in [6.07, 6.45) is 2.60. The van der Waals surface area contributed by atoms with Crippen LogP contribution in [0, 0.1) is 0 Å². The summed E-state index contributed by atoms with van der Waals surface area (Å²) in [7, 11) is 1.60. The first-order chi connectivity index (χ1) is 15.2. The molecule has 1 aliphatic heterocycles. The van der Waals surface area contributed by atoms with E-state index in [1.165, 1.54) is 12.1 Å². The molecule has 0 aromatic heterocycles. The van der Waals surface area contributed by atoms with Gasteiger partial charge in [0.05, 0.1) is 7.11 Å². The molecule has 174 valence electrons. The highest BCUT2D eigenvalue weighted by atomic mass is 19.4. The number of allylic oxidation sites excluding steroid dienone is 2. The van der Waals surface area contributed by atoms with Gasteiger partial charge in [0.2, 0.25) is 0 Å². The molecule has 1 aromatic carbocycles. The molecule has 1 aliphatic rings. The molecule has 9 heteroatoms. The molecule has 2 rings (SSSR count). The summed E-state index contributed by atoms with van der Waals surface area (Å²) in [5.41, 5.74) is 4.21. The van der Waals surface area contributed by atoms with Gasteiger partial charge in [-0.2, -0.15) is 0 Å². The van der Waals surface area contributed by atoms with Gasteiger partial charge in [0.15, 0.2) is 0 Å². The highest BCUT2D eigenvalue weighted by Gasteiger charge is 2.31. The van der Waals surface area contributed by atoms with E-state index in [9.17, 15) is 18.0 Å². The Hall–Kier alpha value is -3.16. The highest BCUT2D eigenvalue weighted by Crippen LogP contribution is 2.24. The third-order valence-corrected chi connectivity index (χ3v) is 4.78. The van der Waals surface area contributed by atoms with E-state index in [2.05, 4.69) is 32.6 Å². The van der Waals surface area contributed by atoms with Crippen LogP contribution in [0.1, 0.15) is 19.8 Å². The quantitative estimate of drug-likeness (QED) is 0.332. The lowest BCUT2D eigenvalue weighted by Crippen LogP contribution is -2.49. The summed E-state index contributed by atoms with van der Waals surface area (Å²) in [6, 6.07) is 4.51. The van der Waals surface area contributed by atoms with Crippen LogP contribution >= 0.6 is 0 Å². The van der Waals surface area contributed by atoms with E-state index in [0.717, 1.165) is 42.9 Å². The molecule has 0 saturated carbocycles. The summed E-state index contributed by atoms with van der Waals surface area (Å²) in [5, 5.41) is 5.54. The Kier molecular flexibility index (Phi) is 9.43. The molecule has 32 heavy (non-hydrogen) atoms. The van der Waals surface area contributed by atoms with E-state index in [0.29, 0.717) is 18.8 Å². The van der Waals surface area contributed by atoms with Crippen LogP contribution in [0.3, 0.4) is 0 Å². The zero-order chi connectivity index (χ0) is 23.6. The Balaban J connectivity index is 1.85. The molecular formula is C23H28F3N3O3. The molecule has 1 fully saturated rings. The van der Waals surface area contributed by atoms with Crippen molar-refractivity contribution in [2.45, 2.75) is 32.2 Å². The number of piperidine rings is 1. The van der Waals surface area contributed by atoms with E-state index in [4.69, 9.17) is 4.74 Å². The number of amides is 2. The van der Waals surface area contributed by atoms with Crippen molar-refractivity contribution < 1.29 is 27.4 Å². The van der Waals surface area contributed by atoms with Crippen molar-refractivity contribution in [1.29, 1.82) is 0 Å². The fraction of sp³-hybridized carbons (Fsp3) is 0.391. The van der Waals surface area contributed by atoms with Crippen LogP contribution in [0.5, 0.6) is 5.75 Å². The standard InChI is InChI=1S/C23H28F3N3O3/c1-4-17(8-11-20(5-2)31-3)15-29-14-6-7-19(16-29)28-22(30)27-18-9-12-21(13-10-18)32-23(24,25)26/h5,8-13,19H,1,6-7,14-16H2,2-3H3,(H2,27,28,30). The molecule has 1 saturated heterocycles. The monoisotopic (exact) mass is 451 g/mol. The molecule has 1 atom stereocenters. The summed E-state index contributed by atoms with van der Waals surface area (Å²) >= 11 is 0. The van der Waals surface area contributed by atoms with Gasteiger partial charge in [-0.25, -0.2) is 4.79 Å². The second-order valence-corrected chi connectivity index (χ2v) is 7.18. The first-order valence-electron chi connectivity index (χ1n) is 10.2. The minimum absolute atomic E-state index is 0.0586. The normalized spacial score (nSPS) is 17.5. The van der Waals surface area contributed by atoms with Gasteiger partial charge in [0.1, 0.15) is 11.5 Å². The van der Waals surface area contributed by atoms with Crippen LogP contribution < -0.4 is 15.4 Å². The number of ether oxygens (including phenoxy) is 2. The number of nitrogens with one attached hydrogen (secondary N) is 2. The number of halogens is 3. The van der Waals surface area contributed by atoms with E-state index >= 15 is 0 Å². The zero-order valence-electron chi connectivity index (χ0n) is 18.2. The molecule has 0 spiro atoms. The summed E-state index contributed by atoms with van der Waals surface area (Å²) < 4.78 is 45.7. The number of alkyl halides is 3. The fourth-order valence-electron chi connectivity index (χ4n) is 3.28. The van der Waals surface area contributed by atoms with Crippen LogP contribution in [0.2, 0.25) is 0 Å². The lowest BCUT2D eigenvalue weighted by atomic mass is 10.0. The third-order valence-electron chi connectivity index (χ3n) is 4.78. The van der Waals surface area contributed by atoms with Gasteiger partial charge in [0.25, 0.3) is 0 Å². The Morgan fingerprint density at radius 3 is 2.62 bits per heavy atom. The molecule has 6 nitrogen and oxygen atoms in total. The van der Waals surface area contributed by atoms with Gasteiger partial charge in [-0.3, -0.25) is 4.90 Å². The zero-order valence-corrected chi connectivity index (χ0v) is 18.2. The number of benzene rings is 1. The average Bonchev–Trinajstić information content (AvgIpc) is 2.74. The van der Waals surface area contributed by atoms with Gasteiger partial charge >= 0.3 is 12.4 Å². The van der Waals surface area contributed by atoms with Gasteiger partial charge in [-0.15, -0.1) is 18.9 Å². The average molecular weight is 451 g/mol. The molecule has 0 radical (unpaired) electrons. The number of carbonyl (C=O) groups excluding carboxylic acids is 1. The van der Waals surface area contributed by atoms with Crippen molar-refractivity contribution in [3.8, 4) is 5.75 Å². The maximum absolute atomic E-state index is 12.3. The minimum atomic E-state index is -4.76. The predicted octanol–water partition coefficient (Wildman–Crippen LogP) is 4.99. The van der Waals surface area contributed by atoms with Crippen molar-refractivity contribution in [2.75, 3.05) is 32.1 Å². The van der Waals surface area contributed by atoms with Gasteiger partial charge in [0, 0.05) is 30.4 Å². The van der Waals surface area contributed by atoms with E-state index in [-0.39, 0.29) is 11.8 Å². The number of carbonyl (C=O) groups is 1. The summed E-state index contributed by atoms with van der Waals surface area (Å²) in [6.45, 7) is 7.82. The van der Waals surface area contributed by atoms with Crippen LogP contribution in [0.4, 0.5) is 23.7 Å². The van der Waals surface area contributed by atoms with Crippen molar-refractivity contribution >= 4 is 11.7 Å². The number of likely N-dealkylation sites (tertiary alicyclic amines) is 1. The summed E-state index contributed by atoms with van der Waals surface area (Å²) in [4.78, 5) is 14.5. The number of methoxy groups -OCH3 is 1. The van der Waals surface area contributed by atoms with Crippen LogP contribution in [-0.2, 0) is 4.74 Å². The van der Waals surface area contributed by atoms with Crippen molar-refractivity contribution in [2.24, 2.45) is 0 Å². The van der Waals surface area contributed by atoms with E-state index < -0.39 is 12.4 Å². The molecule has 0 aliphatic carbocycles. The topological polar surface area (TPSA) is 62.8 Å². The van der Waals surface area contributed by atoms with E-state index in [1.54, 1.807) is 7.11 Å². The Morgan fingerprint density at radius 1 is 1.31 bits per heavy atom. The Morgan fingerprint density at radius 2 is 2.03 bits per heavy atom. The molecule has 0 bridgehead atoms. The first-order valence-corrected chi connectivity index (χ1v) is 10.2. The highest BCUT2D eigenvalue weighted by molar-refractivity contribution is 5.89. The van der Waals surface area contributed by atoms with Crippen molar-refractivity contribution in [1.82, 2.24) is 10.2 Å². The molecule has 1 unspecified atom stereocenters. The Labute approximate surface area is 186 Å². The van der Waals surface area contributed by atoms with Crippen molar-refractivity contribution in [3.63, 3.8) is 0 Å². The van der Waals surface area contributed by atoms with E-state index in [1.807, 2.05) is 25.2 Å². The number of urea groups is 1. The van der Waals surface area contributed by atoms with Crippen molar-refractivity contribution in [3.05, 3.63) is 66.1 Å². The number of anilines is 1. The number of nitrogens with zero attached hydrogens (tertiary/aromatic N) is 1. The number of rotatable bonds is 8. The Bertz CT molecular complexity index is 873. The van der Waals surface area contributed by atoms with Crippen LogP contribution in [0.15, 0.2) is 66.1 Å². The maximum atomic E-state index is 12.3. The smallest absolute Gasteiger partial charge is 0.497 e. The molecule has 2 amide bonds. The lowest BCUT2D eigenvalue weighted by molar-refractivity contribution is -0.274. The van der Waals surface area contributed by atoms with Gasteiger partial charge in [-0.1, -0.05) is 6.58 Å². The second kappa shape index (κ2) is 12.0. The number of hydrogen-bond acceptors (Lipinski definition) is 4. The van der Waals surface area contributed by atoms with Crippen LogP contribution in [0.25, 0.3) is 0 Å². The fourth-order valence-corrected chi connectivity index (χ4v) is 3.28. The SMILES string of the molecule is C=C=C(C=CC(=CC)OC)CN1CCCC(NC(=O)Nc2ccc(OC(F)(F)F)cc2)C1. The predicted molar refractivity (Wildman–Crippen MR) is 117 cm³/mol. The maximum Gasteiger partial charge on any atom is 0.573 e. The van der Waals surface area contributed by atoms with Gasteiger partial charge < -0.3 is 20.1 Å². The van der Waals surface area contributed by atoms with Crippen LogP contribution in [-0.4, -0.2) is 50.1 Å². The van der Waals surface area contributed by atoms with Gasteiger partial charge in [-0.05, 0) is 68.8 Å². The minimum Gasteiger partial charge on any atom is -0.497 e. The number of hydrogen-bond donors (Lipinski definition) is 2. The largest absolute Gasteiger partial charge is 0.573 e. The summed E-state index contributed by atoms with van der Waals surface area (Å²) in [5.74, 6) is 0.393. The first kappa shape index (κ1) is 25.1. The molecule has 1 heterocycles.